The lowest BCUT2D eigenvalue weighted by molar-refractivity contribution is 0.412. The Labute approximate surface area is 96.0 Å². The molecule has 0 fully saturated rings. The van der Waals surface area contributed by atoms with Gasteiger partial charge in [-0.3, -0.25) is 4.68 Å². The van der Waals surface area contributed by atoms with E-state index in [2.05, 4.69) is 26.0 Å². The number of rotatable bonds is 2. The molecule has 1 aromatic heterocycles. The number of nitrogens with zero attached hydrogens (tertiary/aromatic N) is 3. The highest BCUT2D eigenvalue weighted by molar-refractivity contribution is 9.10. The van der Waals surface area contributed by atoms with Gasteiger partial charge in [-0.2, -0.15) is 5.10 Å². The predicted molar refractivity (Wildman–Crippen MR) is 60.7 cm³/mol. The number of ether oxygens (including phenoxy) is 1. The van der Waals surface area contributed by atoms with Gasteiger partial charge in [-0.1, -0.05) is 0 Å². The SMILES string of the molecule is COc1ccc(-c2ncn(C)n2)cc1Br. The van der Waals surface area contributed by atoms with Gasteiger partial charge in [0.25, 0.3) is 0 Å². The van der Waals surface area contributed by atoms with Crippen LogP contribution >= 0.6 is 15.9 Å². The van der Waals surface area contributed by atoms with Crippen molar-refractivity contribution in [1.29, 1.82) is 0 Å². The van der Waals surface area contributed by atoms with E-state index in [-0.39, 0.29) is 0 Å². The van der Waals surface area contributed by atoms with Crippen LogP contribution in [-0.4, -0.2) is 21.9 Å². The van der Waals surface area contributed by atoms with Gasteiger partial charge in [-0.25, -0.2) is 4.98 Å². The summed E-state index contributed by atoms with van der Waals surface area (Å²) >= 11 is 3.42. The van der Waals surface area contributed by atoms with Crippen LogP contribution in [0.1, 0.15) is 0 Å². The van der Waals surface area contributed by atoms with E-state index in [1.165, 1.54) is 0 Å². The molecular formula is C10H10BrN3O. The first-order chi connectivity index (χ1) is 7.20. The summed E-state index contributed by atoms with van der Waals surface area (Å²) in [6.07, 6.45) is 1.67. The van der Waals surface area contributed by atoms with Crippen LogP contribution in [0.5, 0.6) is 5.75 Å². The molecule has 0 saturated carbocycles. The Morgan fingerprint density at radius 2 is 2.20 bits per heavy atom. The quantitative estimate of drug-likeness (QED) is 0.838. The molecule has 0 unspecified atom stereocenters. The molecule has 0 radical (unpaired) electrons. The number of halogens is 1. The summed E-state index contributed by atoms with van der Waals surface area (Å²) in [5.74, 6) is 1.51. The molecule has 0 atom stereocenters. The molecule has 0 spiro atoms. The fraction of sp³-hybridized carbons (Fsp3) is 0.200. The standard InChI is InChI=1S/C10H10BrN3O/c1-14-6-12-10(13-14)7-3-4-9(15-2)8(11)5-7/h3-6H,1-2H3. The first kappa shape index (κ1) is 10.2. The average Bonchev–Trinajstić information content (AvgIpc) is 2.65. The van der Waals surface area contributed by atoms with E-state index in [0.717, 1.165) is 15.8 Å². The Morgan fingerprint density at radius 1 is 1.40 bits per heavy atom. The van der Waals surface area contributed by atoms with Gasteiger partial charge in [0.2, 0.25) is 0 Å². The molecule has 0 N–H and O–H groups in total. The highest BCUT2D eigenvalue weighted by Crippen LogP contribution is 2.28. The summed E-state index contributed by atoms with van der Waals surface area (Å²) in [7, 11) is 3.48. The first-order valence-corrected chi connectivity index (χ1v) is 5.19. The zero-order valence-electron chi connectivity index (χ0n) is 8.44. The molecule has 2 rings (SSSR count). The van der Waals surface area contributed by atoms with Gasteiger partial charge < -0.3 is 4.74 Å². The van der Waals surface area contributed by atoms with Crippen molar-refractivity contribution in [2.75, 3.05) is 7.11 Å². The second-order valence-electron chi connectivity index (χ2n) is 3.09. The fourth-order valence-corrected chi connectivity index (χ4v) is 1.82. The summed E-state index contributed by atoms with van der Waals surface area (Å²) in [5, 5.41) is 4.22. The minimum absolute atomic E-state index is 0.709. The molecule has 1 aromatic carbocycles. The van der Waals surface area contributed by atoms with Crippen LogP contribution < -0.4 is 4.74 Å². The second kappa shape index (κ2) is 4.02. The van der Waals surface area contributed by atoms with Gasteiger partial charge in [0.1, 0.15) is 12.1 Å². The van der Waals surface area contributed by atoms with Crippen LogP contribution in [0.3, 0.4) is 0 Å². The maximum atomic E-state index is 5.15. The van der Waals surface area contributed by atoms with E-state index in [9.17, 15) is 0 Å². The zero-order valence-corrected chi connectivity index (χ0v) is 10.0. The Hall–Kier alpha value is -1.36. The molecule has 2 aromatic rings. The smallest absolute Gasteiger partial charge is 0.181 e. The fourth-order valence-electron chi connectivity index (χ4n) is 1.28. The van der Waals surface area contributed by atoms with E-state index in [1.807, 2.05) is 25.2 Å². The third-order valence-electron chi connectivity index (χ3n) is 2.01. The van der Waals surface area contributed by atoms with Crippen LogP contribution in [0, 0.1) is 0 Å². The maximum absolute atomic E-state index is 5.15. The summed E-state index contributed by atoms with van der Waals surface area (Å²) in [4.78, 5) is 4.17. The molecule has 78 valence electrons. The maximum Gasteiger partial charge on any atom is 0.181 e. The summed E-state index contributed by atoms with van der Waals surface area (Å²) in [5.41, 5.74) is 0.961. The first-order valence-electron chi connectivity index (χ1n) is 4.40. The van der Waals surface area contributed by atoms with Crippen molar-refractivity contribution in [3.8, 4) is 17.1 Å². The predicted octanol–water partition coefficient (Wildman–Crippen LogP) is 2.25. The van der Waals surface area contributed by atoms with Gasteiger partial charge in [0, 0.05) is 12.6 Å². The Balaban J connectivity index is 2.42. The average molecular weight is 268 g/mol. The summed E-state index contributed by atoms with van der Waals surface area (Å²) < 4.78 is 7.72. The largest absolute Gasteiger partial charge is 0.496 e. The second-order valence-corrected chi connectivity index (χ2v) is 3.95. The molecule has 5 heteroatoms. The Bertz CT molecular complexity index is 481. The van der Waals surface area contributed by atoms with Crippen molar-refractivity contribution < 1.29 is 4.74 Å². The normalized spacial score (nSPS) is 10.3. The molecule has 0 aliphatic heterocycles. The highest BCUT2D eigenvalue weighted by Gasteiger charge is 2.06. The molecule has 1 heterocycles. The Kier molecular flexibility index (Phi) is 2.73. The van der Waals surface area contributed by atoms with Crippen molar-refractivity contribution in [2.45, 2.75) is 0 Å². The van der Waals surface area contributed by atoms with Crippen LogP contribution in [-0.2, 0) is 7.05 Å². The molecule has 15 heavy (non-hydrogen) atoms. The summed E-state index contributed by atoms with van der Waals surface area (Å²) in [6, 6.07) is 5.75. The van der Waals surface area contributed by atoms with Crippen molar-refractivity contribution >= 4 is 15.9 Å². The van der Waals surface area contributed by atoms with Gasteiger partial charge in [-0.15, -0.1) is 0 Å². The van der Waals surface area contributed by atoms with E-state index in [0.29, 0.717) is 5.82 Å². The van der Waals surface area contributed by atoms with Gasteiger partial charge in [0.15, 0.2) is 5.82 Å². The summed E-state index contributed by atoms with van der Waals surface area (Å²) in [6.45, 7) is 0. The van der Waals surface area contributed by atoms with Crippen LogP contribution in [0.4, 0.5) is 0 Å². The van der Waals surface area contributed by atoms with Gasteiger partial charge in [-0.05, 0) is 34.1 Å². The lowest BCUT2D eigenvalue weighted by Gasteiger charge is -2.03. The lowest BCUT2D eigenvalue weighted by Crippen LogP contribution is -1.89. The van der Waals surface area contributed by atoms with Crippen molar-refractivity contribution in [3.05, 3.63) is 29.0 Å². The number of hydrogen-bond donors (Lipinski definition) is 0. The van der Waals surface area contributed by atoms with Gasteiger partial charge in [0.05, 0.1) is 11.6 Å². The van der Waals surface area contributed by atoms with E-state index in [4.69, 9.17) is 4.74 Å². The molecule has 0 saturated heterocycles. The van der Waals surface area contributed by atoms with E-state index >= 15 is 0 Å². The number of benzene rings is 1. The molecular weight excluding hydrogens is 258 g/mol. The molecule has 0 aliphatic rings. The third-order valence-corrected chi connectivity index (χ3v) is 2.63. The minimum atomic E-state index is 0.709. The number of hydrogen-bond acceptors (Lipinski definition) is 3. The molecule has 0 amide bonds. The van der Waals surface area contributed by atoms with Crippen molar-refractivity contribution in [2.24, 2.45) is 7.05 Å². The molecule has 0 aliphatic carbocycles. The number of methoxy groups -OCH3 is 1. The van der Waals surface area contributed by atoms with Crippen LogP contribution in [0.2, 0.25) is 0 Å². The van der Waals surface area contributed by atoms with Gasteiger partial charge >= 0.3 is 0 Å². The number of aryl methyl sites for hydroxylation is 1. The third kappa shape index (κ3) is 2.02. The topological polar surface area (TPSA) is 39.9 Å². The highest BCUT2D eigenvalue weighted by atomic mass is 79.9. The van der Waals surface area contributed by atoms with Crippen LogP contribution in [0.15, 0.2) is 29.0 Å². The van der Waals surface area contributed by atoms with Crippen LogP contribution in [0.25, 0.3) is 11.4 Å². The van der Waals surface area contributed by atoms with E-state index < -0.39 is 0 Å². The lowest BCUT2D eigenvalue weighted by atomic mass is 10.2. The Morgan fingerprint density at radius 3 is 2.73 bits per heavy atom. The molecule has 0 bridgehead atoms. The number of aromatic nitrogens is 3. The van der Waals surface area contributed by atoms with E-state index in [1.54, 1.807) is 18.1 Å². The minimum Gasteiger partial charge on any atom is -0.496 e. The van der Waals surface area contributed by atoms with Crippen molar-refractivity contribution in [1.82, 2.24) is 14.8 Å². The zero-order chi connectivity index (χ0) is 10.8. The van der Waals surface area contributed by atoms with Crippen molar-refractivity contribution in [3.63, 3.8) is 0 Å². The molecule has 4 nitrogen and oxygen atoms in total. The monoisotopic (exact) mass is 267 g/mol.